The van der Waals surface area contributed by atoms with Crippen molar-refractivity contribution in [3.05, 3.63) is 28.4 Å². The maximum atomic E-state index is 5.86. The topological polar surface area (TPSA) is 24.9 Å². The van der Waals surface area contributed by atoms with Crippen LogP contribution >= 0.6 is 11.6 Å². The second-order valence-corrected chi connectivity index (χ2v) is 3.70. The lowest BCUT2D eigenvalue weighted by atomic mass is 10.1. The molecule has 0 fully saturated rings. The van der Waals surface area contributed by atoms with Crippen LogP contribution in [0.5, 0.6) is 0 Å². The average molecular weight is 195 g/mol. The van der Waals surface area contributed by atoms with Crippen LogP contribution in [0.3, 0.4) is 0 Å². The van der Waals surface area contributed by atoms with Crippen LogP contribution in [0.1, 0.15) is 18.9 Å². The molecule has 0 saturated carbocycles. The molecule has 0 bridgehead atoms. The number of rotatable bonds is 0. The molecule has 1 N–H and O–H groups in total. The Morgan fingerprint density at radius 1 is 1.54 bits per heavy atom. The molecule has 1 aliphatic heterocycles. The third-order valence-corrected chi connectivity index (χ3v) is 2.30. The molecule has 1 aliphatic rings. The number of fused-ring (bicyclic) bond motifs is 1. The standard InChI is InChI=1S/C10H11ClN2/c1-7-2-3-12-10-8(4-7)5-9(11)6-13-10/h4-6H,2-3H2,1H3,(H,12,13). The van der Waals surface area contributed by atoms with E-state index in [0.717, 1.165) is 24.3 Å². The van der Waals surface area contributed by atoms with Gasteiger partial charge in [0, 0.05) is 18.3 Å². The van der Waals surface area contributed by atoms with Crippen molar-refractivity contribution in [2.75, 3.05) is 11.9 Å². The molecule has 2 heterocycles. The van der Waals surface area contributed by atoms with Gasteiger partial charge in [-0.25, -0.2) is 4.98 Å². The Balaban J connectivity index is 2.49. The zero-order valence-corrected chi connectivity index (χ0v) is 8.23. The van der Waals surface area contributed by atoms with Crippen molar-refractivity contribution in [3.8, 4) is 0 Å². The Morgan fingerprint density at radius 2 is 2.38 bits per heavy atom. The Labute approximate surface area is 82.6 Å². The Morgan fingerprint density at radius 3 is 3.23 bits per heavy atom. The number of hydrogen-bond donors (Lipinski definition) is 1. The molecule has 0 atom stereocenters. The zero-order chi connectivity index (χ0) is 9.26. The molecule has 0 aromatic carbocycles. The molecule has 3 heteroatoms. The lowest BCUT2D eigenvalue weighted by Gasteiger charge is -2.04. The highest BCUT2D eigenvalue weighted by Crippen LogP contribution is 2.23. The molecule has 0 amide bonds. The van der Waals surface area contributed by atoms with Crippen LogP contribution in [0.4, 0.5) is 5.82 Å². The van der Waals surface area contributed by atoms with E-state index in [9.17, 15) is 0 Å². The third kappa shape index (κ3) is 1.83. The van der Waals surface area contributed by atoms with Crippen molar-refractivity contribution < 1.29 is 0 Å². The van der Waals surface area contributed by atoms with Crippen LogP contribution in [-0.4, -0.2) is 11.5 Å². The average Bonchev–Trinajstić information content (AvgIpc) is 2.25. The van der Waals surface area contributed by atoms with Gasteiger partial charge in [-0.3, -0.25) is 0 Å². The van der Waals surface area contributed by atoms with E-state index in [1.807, 2.05) is 6.07 Å². The molecule has 2 nitrogen and oxygen atoms in total. The quantitative estimate of drug-likeness (QED) is 0.687. The molecule has 2 rings (SSSR count). The number of nitrogens with one attached hydrogen (secondary N) is 1. The van der Waals surface area contributed by atoms with Crippen molar-refractivity contribution in [2.24, 2.45) is 0 Å². The number of halogens is 1. The molecule has 0 aliphatic carbocycles. The minimum absolute atomic E-state index is 0.687. The first-order chi connectivity index (χ1) is 6.25. The summed E-state index contributed by atoms with van der Waals surface area (Å²) in [7, 11) is 0. The van der Waals surface area contributed by atoms with Crippen LogP contribution in [0, 0.1) is 0 Å². The number of nitrogens with zero attached hydrogens (tertiary/aromatic N) is 1. The molecule has 0 radical (unpaired) electrons. The highest BCUT2D eigenvalue weighted by Gasteiger charge is 2.06. The van der Waals surface area contributed by atoms with Gasteiger partial charge in [-0.05, 0) is 19.4 Å². The molecule has 13 heavy (non-hydrogen) atoms. The highest BCUT2D eigenvalue weighted by molar-refractivity contribution is 6.30. The normalized spacial score (nSPS) is 15.4. The fourth-order valence-electron chi connectivity index (χ4n) is 1.43. The van der Waals surface area contributed by atoms with E-state index in [-0.39, 0.29) is 0 Å². The summed E-state index contributed by atoms with van der Waals surface area (Å²) in [5, 5.41) is 3.95. The van der Waals surface area contributed by atoms with Crippen LogP contribution in [0.2, 0.25) is 5.02 Å². The Bertz CT molecular complexity index is 358. The predicted octanol–water partition coefficient (Wildman–Crippen LogP) is 2.95. The van der Waals surface area contributed by atoms with Crippen LogP contribution in [0.25, 0.3) is 6.08 Å². The minimum Gasteiger partial charge on any atom is -0.369 e. The summed E-state index contributed by atoms with van der Waals surface area (Å²) >= 11 is 5.86. The van der Waals surface area contributed by atoms with Gasteiger partial charge in [0.15, 0.2) is 0 Å². The van der Waals surface area contributed by atoms with Crippen LogP contribution in [-0.2, 0) is 0 Å². The summed E-state index contributed by atoms with van der Waals surface area (Å²) in [6.07, 6.45) is 4.87. The fraction of sp³-hybridized carbons (Fsp3) is 0.300. The Kier molecular flexibility index (Phi) is 2.23. The summed E-state index contributed by atoms with van der Waals surface area (Å²) in [5.41, 5.74) is 2.44. The fourth-order valence-corrected chi connectivity index (χ4v) is 1.59. The maximum absolute atomic E-state index is 5.86. The smallest absolute Gasteiger partial charge is 0.133 e. The SMILES string of the molecule is CC1=Cc2cc(Cl)cnc2NCC1. The first-order valence-corrected chi connectivity index (χ1v) is 4.70. The molecular formula is C10H11ClN2. The second-order valence-electron chi connectivity index (χ2n) is 3.26. The third-order valence-electron chi connectivity index (χ3n) is 2.10. The summed E-state index contributed by atoms with van der Waals surface area (Å²) in [6.45, 7) is 3.07. The van der Waals surface area contributed by atoms with Crippen LogP contribution in [0.15, 0.2) is 17.8 Å². The molecule has 0 spiro atoms. The number of aromatic nitrogens is 1. The van der Waals surface area contributed by atoms with E-state index < -0.39 is 0 Å². The van der Waals surface area contributed by atoms with Gasteiger partial charge in [0.25, 0.3) is 0 Å². The van der Waals surface area contributed by atoms with Crippen molar-refractivity contribution in [1.29, 1.82) is 0 Å². The van der Waals surface area contributed by atoms with Crippen molar-refractivity contribution >= 4 is 23.5 Å². The van der Waals surface area contributed by atoms with E-state index in [1.165, 1.54) is 5.57 Å². The van der Waals surface area contributed by atoms with Crippen molar-refractivity contribution in [2.45, 2.75) is 13.3 Å². The van der Waals surface area contributed by atoms with E-state index >= 15 is 0 Å². The Hall–Kier alpha value is -1.02. The van der Waals surface area contributed by atoms with E-state index in [0.29, 0.717) is 5.02 Å². The maximum Gasteiger partial charge on any atom is 0.133 e. The van der Waals surface area contributed by atoms with Gasteiger partial charge in [-0.15, -0.1) is 0 Å². The number of hydrogen-bond acceptors (Lipinski definition) is 2. The monoisotopic (exact) mass is 194 g/mol. The second kappa shape index (κ2) is 3.38. The molecule has 68 valence electrons. The lowest BCUT2D eigenvalue weighted by molar-refractivity contribution is 1.00. The number of pyridine rings is 1. The molecule has 1 aromatic heterocycles. The van der Waals surface area contributed by atoms with Gasteiger partial charge in [0.1, 0.15) is 5.82 Å². The molecule has 0 saturated heterocycles. The summed E-state index contributed by atoms with van der Waals surface area (Å²) in [5.74, 6) is 0.932. The molecule has 1 aromatic rings. The van der Waals surface area contributed by atoms with Gasteiger partial charge < -0.3 is 5.32 Å². The largest absolute Gasteiger partial charge is 0.369 e. The lowest BCUT2D eigenvalue weighted by Crippen LogP contribution is -2.02. The molecule has 0 unspecified atom stereocenters. The van der Waals surface area contributed by atoms with E-state index in [1.54, 1.807) is 6.20 Å². The number of anilines is 1. The van der Waals surface area contributed by atoms with Gasteiger partial charge in [0.05, 0.1) is 5.02 Å². The minimum atomic E-state index is 0.687. The molecular weight excluding hydrogens is 184 g/mol. The summed E-state index contributed by atoms with van der Waals surface area (Å²) in [6, 6.07) is 1.94. The summed E-state index contributed by atoms with van der Waals surface area (Å²) in [4.78, 5) is 4.23. The van der Waals surface area contributed by atoms with Gasteiger partial charge >= 0.3 is 0 Å². The van der Waals surface area contributed by atoms with Gasteiger partial charge in [0.2, 0.25) is 0 Å². The van der Waals surface area contributed by atoms with Crippen molar-refractivity contribution in [3.63, 3.8) is 0 Å². The predicted molar refractivity (Wildman–Crippen MR) is 56.0 cm³/mol. The zero-order valence-electron chi connectivity index (χ0n) is 7.47. The van der Waals surface area contributed by atoms with E-state index in [4.69, 9.17) is 11.6 Å². The first kappa shape index (κ1) is 8.57. The van der Waals surface area contributed by atoms with Gasteiger partial charge in [-0.1, -0.05) is 23.3 Å². The summed E-state index contributed by atoms with van der Waals surface area (Å²) < 4.78 is 0. The van der Waals surface area contributed by atoms with Crippen molar-refractivity contribution in [1.82, 2.24) is 4.98 Å². The first-order valence-electron chi connectivity index (χ1n) is 4.32. The van der Waals surface area contributed by atoms with E-state index in [2.05, 4.69) is 23.3 Å². The van der Waals surface area contributed by atoms with Gasteiger partial charge in [-0.2, -0.15) is 0 Å². The highest BCUT2D eigenvalue weighted by atomic mass is 35.5. The van der Waals surface area contributed by atoms with Crippen LogP contribution < -0.4 is 5.32 Å².